The van der Waals surface area contributed by atoms with E-state index in [4.69, 9.17) is 5.11 Å². The van der Waals surface area contributed by atoms with Crippen LogP contribution in [-0.4, -0.2) is 30.4 Å². The molecular weight excluding hydrogens is 208 g/mol. The van der Waals surface area contributed by atoms with E-state index in [1.54, 1.807) is 15.4 Å². The SMILES string of the molecule is Cn1nccc1CCn1cnc(C(=O)O)c1. The van der Waals surface area contributed by atoms with Crippen LogP contribution in [0.1, 0.15) is 16.2 Å². The van der Waals surface area contributed by atoms with Gasteiger partial charge in [0.2, 0.25) is 0 Å². The van der Waals surface area contributed by atoms with E-state index in [1.807, 2.05) is 13.1 Å². The maximum Gasteiger partial charge on any atom is 0.356 e. The summed E-state index contributed by atoms with van der Waals surface area (Å²) < 4.78 is 3.56. The van der Waals surface area contributed by atoms with E-state index in [0.29, 0.717) is 6.54 Å². The van der Waals surface area contributed by atoms with Crippen molar-refractivity contribution in [2.45, 2.75) is 13.0 Å². The van der Waals surface area contributed by atoms with Crippen LogP contribution in [0.2, 0.25) is 0 Å². The topological polar surface area (TPSA) is 72.9 Å². The Morgan fingerprint density at radius 2 is 2.38 bits per heavy atom. The molecule has 2 aromatic heterocycles. The van der Waals surface area contributed by atoms with Crippen LogP contribution in [0.5, 0.6) is 0 Å². The van der Waals surface area contributed by atoms with Crippen molar-refractivity contribution in [1.29, 1.82) is 0 Å². The van der Waals surface area contributed by atoms with Crippen LogP contribution in [0.25, 0.3) is 0 Å². The first kappa shape index (κ1) is 10.4. The number of carboxylic acids is 1. The van der Waals surface area contributed by atoms with Crippen molar-refractivity contribution < 1.29 is 9.90 Å². The zero-order valence-corrected chi connectivity index (χ0v) is 8.87. The molecule has 0 radical (unpaired) electrons. The van der Waals surface area contributed by atoms with Gasteiger partial charge in [0.25, 0.3) is 0 Å². The van der Waals surface area contributed by atoms with Crippen LogP contribution in [0, 0.1) is 0 Å². The largest absolute Gasteiger partial charge is 0.476 e. The molecule has 16 heavy (non-hydrogen) atoms. The Bertz CT molecular complexity index is 500. The van der Waals surface area contributed by atoms with Gasteiger partial charge in [-0.15, -0.1) is 0 Å². The highest BCUT2D eigenvalue weighted by Crippen LogP contribution is 2.02. The Balaban J connectivity index is 2.00. The molecule has 6 heteroatoms. The number of carbonyl (C=O) groups is 1. The van der Waals surface area contributed by atoms with Gasteiger partial charge in [-0.2, -0.15) is 5.10 Å². The van der Waals surface area contributed by atoms with Gasteiger partial charge in [0.15, 0.2) is 5.69 Å². The van der Waals surface area contributed by atoms with Gasteiger partial charge in [0, 0.05) is 38.1 Å². The fraction of sp³-hybridized carbons (Fsp3) is 0.300. The van der Waals surface area contributed by atoms with Crippen molar-refractivity contribution >= 4 is 5.97 Å². The molecule has 1 N–H and O–H groups in total. The van der Waals surface area contributed by atoms with E-state index in [2.05, 4.69) is 10.1 Å². The second kappa shape index (κ2) is 4.18. The van der Waals surface area contributed by atoms with Gasteiger partial charge in [0.05, 0.1) is 6.33 Å². The number of aromatic nitrogens is 4. The number of carboxylic acid groups (broad SMARTS) is 1. The first-order valence-corrected chi connectivity index (χ1v) is 4.89. The van der Waals surface area contributed by atoms with E-state index in [1.165, 1.54) is 12.5 Å². The smallest absolute Gasteiger partial charge is 0.356 e. The van der Waals surface area contributed by atoms with Gasteiger partial charge in [-0.1, -0.05) is 0 Å². The van der Waals surface area contributed by atoms with E-state index < -0.39 is 5.97 Å². The quantitative estimate of drug-likeness (QED) is 0.817. The molecule has 0 saturated carbocycles. The lowest BCUT2D eigenvalue weighted by Gasteiger charge is -2.02. The van der Waals surface area contributed by atoms with Crippen LogP contribution in [0.3, 0.4) is 0 Å². The minimum atomic E-state index is -1.00. The third kappa shape index (κ3) is 2.10. The van der Waals surface area contributed by atoms with Crippen molar-refractivity contribution in [3.05, 3.63) is 36.2 Å². The summed E-state index contributed by atoms with van der Waals surface area (Å²) in [5.41, 5.74) is 1.18. The number of imidazole rings is 1. The molecule has 0 spiro atoms. The van der Waals surface area contributed by atoms with Crippen LogP contribution >= 0.6 is 0 Å². The van der Waals surface area contributed by atoms with Gasteiger partial charge in [-0.3, -0.25) is 4.68 Å². The van der Waals surface area contributed by atoms with Crippen molar-refractivity contribution in [3.63, 3.8) is 0 Å². The van der Waals surface area contributed by atoms with E-state index in [9.17, 15) is 4.79 Å². The number of nitrogens with zero attached hydrogens (tertiary/aromatic N) is 4. The lowest BCUT2D eigenvalue weighted by molar-refractivity contribution is 0.0691. The Kier molecular flexibility index (Phi) is 2.72. The summed E-state index contributed by atoms with van der Waals surface area (Å²) in [5, 5.41) is 12.8. The summed E-state index contributed by atoms with van der Waals surface area (Å²) in [7, 11) is 1.88. The maximum absolute atomic E-state index is 10.6. The van der Waals surface area contributed by atoms with Crippen molar-refractivity contribution in [3.8, 4) is 0 Å². The first-order valence-electron chi connectivity index (χ1n) is 4.89. The molecule has 0 aliphatic heterocycles. The normalized spacial score (nSPS) is 10.6. The fourth-order valence-corrected chi connectivity index (χ4v) is 1.48. The number of hydrogen-bond acceptors (Lipinski definition) is 3. The van der Waals surface area contributed by atoms with Gasteiger partial charge in [-0.25, -0.2) is 9.78 Å². The molecule has 84 valence electrons. The molecule has 0 saturated heterocycles. The third-order valence-electron chi connectivity index (χ3n) is 2.40. The van der Waals surface area contributed by atoms with E-state index in [0.717, 1.165) is 12.1 Å². The minimum Gasteiger partial charge on any atom is -0.476 e. The molecule has 0 aromatic carbocycles. The summed E-state index contributed by atoms with van der Waals surface area (Å²) in [6, 6.07) is 1.94. The summed E-state index contributed by atoms with van der Waals surface area (Å²) in [4.78, 5) is 14.4. The molecule has 0 amide bonds. The number of hydrogen-bond donors (Lipinski definition) is 1. The third-order valence-corrected chi connectivity index (χ3v) is 2.40. The zero-order chi connectivity index (χ0) is 11.5. The Labute approximate surface area is 92.2 Å². The van der Waals surface area contributed by atoms with Crippen LogP contribution in [0.15, 0.2) is 24.8 Å². The van der Waals surface area contributed by atoms with Crippen molar-refractivity contribution in [2.24, 2.45) is 7.05 Å². The van der Waals surface area contributed by atoms with Crippen molar-refractivity contribution in [2.75, 3.05) is 0 Å². The Hall–Kier alpha value is -2.11. The van der Waals surface area contributed by atoms with Crippen LogP contribution < -0.4 is 0 Å². The summed E-state index contributed by atoms with van der Waals surface area (Å²) in [6.45, 7) is 0.694. The second-order valence-electron chi connectivity index (χ2n) is 3.50. The monoisotopic (exact) mass is 220 g/mol. The van der Waals surface area contributed by atoms with Gasteiger partial charge < -0.3 is 9.67 Å². The van der Waals surface area contributed by atoms with Gasteiger partial charge >= 0.3 is 5.97 Å². The Morgan fingerprint density at radius 1 is 1.56 bits per heavy atom. The molecular formula is C10H12N4O2. The predicted molar refractivity (Wildman–Crippen MR) is 56.1 cm³/mol. The molecule has 0 aliphatic rings. The highest BCUT2D eigenvalue weighted by Gasteiger charge is 2.06. The van der Waals surface area contributed by atoms with Crippen LogP contribution in [0.4, 0.5) is 0 Å². The number of rotatable bonds is 4. The second-order valence-corrected chi connectivity index (χ2v) is 3.50. The summed E-state index contributed by atoms with van der Waals surface area (Å²) in [5.74, 6) is -1.00. The maximum atomic E-state index is 10.6. The molecule has 0 aliphatic carbocycles. The minimum absolute atomic E-state index is 0.0741. The predicted octanol–water partition coefficient (Wildman–Crippen LogP) is 0.558. The van der Waals surface area contributed by atoms with E-state index >= 15 is 0 Å². The fourth-order valence-electron chi connectivity index (χ4n) is 1.48. The molecule has 0 fully saturated rings. The molecule has 2 aromatic rings. The standard InChI is InChI=1S/C10H12N4O2/c1-13-8(2-4-12-13)3-5-14-6-9(10(15)16)11-7-14/h2,4,6-7H,3,5H2,1H3,(H,15,16). The Morgan fingerprint density at radius 3 is 2.94 bits per heavy atom. The zero-order valence-electron chi connectivity index (χ0n) is 8.87. The summed E-state index contributed by atoms with van der Waals surface area (Å²) in [6.07, 6.45) is 5.59. The van der Waals surface area contributed by atoms with Crippen molar-refractivity contribution in [1.82, 2.24) is 19.3 Å². The highest BCUT2D eigenvalue weighted by atomic mass is 16.4. The molecule has 2 heterocycles. The van der Waals surface area contributed by atoms with E-state index in [-0.39, 0.29) is 5.69 Å². The van der Waals surface area contributed by atoms with Gasteiger partial charge in [-0.05, 0) is 6.07 Å². The summed E-state index contributed by atoms with van der Waals surface area (Å²) >= 11 is 0. The molecule has 2 rings (SSSR count). The average molecular weight is 220 g/mol. The molecule has 0 atom stereocenters. The number of aromatic carboxylic acids is 1. The number of aryl methyl sites for hydroxylation is 3. The highest BCUT2D eigenvalue weighted by molar-refractivity contribution is 5.84. The molecule has 0 unspecified atom stereocenters. The molecule has 0 bridgehead atoms. The lowest BCUT2D eigenvalue weighted by Crippen LogP contribution is -2.04. The molecule has 6 nitrogen and oxygen atoms in total. The van der Waals surface area contributed by atoms with Gasteiger partial charge in [0.1, 0.15) is 0 Å². The van der Waals surface area contributed by atoms with Crippen LogP contribution in [-0.2, 0) is 20.0 Å². The average Bonchev–Trinajstić information content (AvgIpc) is 2.83. The first-order chi connectivity index (χ1) is 7.66. The lowest BCUT2D eigenvalue weighted by atomic mass is 10.3.